The van der Waals surface area contributed by atoms with Gasteiger partial charge in [0.05, 0.1) is 9.13 Å². The lowest BCUT2D eigenvalue weighted by molar-refractivity contribution is -0.384. The molecule has 0 amide bonds. The number of fused-ring (bicyclic) bond motifs is 1. The van der Waals surface area contributed by atoms with Crippen molar-refractivity contribution in [1.29, 1.82) is 0 Å². The van der Waals surface area contributed by atoms with Crippen LogP contribution in [0.25, 0.3) is 21.6 Å². The normalized spacial score (nSPS) is 11.5. The molecule has 2 aromatic heterocycles. The Balaban J connectivity index is 1.80. The zero-order valence-corrected chi connectivity index (χ0v) is 13.6. The highest BCUT2D eigenvalue weighted by molar-refractivity contribution is 8.00. The number of benzene rings is 1. The Morgan fingerprint density at radius 1 is 1.10 bits per heavy atom. The molecule has 0 aliphatic rings. The van der Waals surface area contributed by atoms with Gasteiger partial charge in [0, 0.05) is 26.4 Å². The first-order chi connectivity index (χ1) is 10.2. The molecule has 3 rings (SSSR count). The molecule has 3 aromatic rings. The van der Waals surface area contributed by atoms with Gasteiger partial charge in [-0.2, -0.15) is 0 Å². The molecule has 6 heteroatoms. The number of nitro benzene ring substituents is 1. The van der Waals surface area contributed by atoms with Crippen LogP contribution >= 0.6 is 34.4 Å². The molecule has 0 bridgehead atoms. The van der Waals surface area contributed by atoms with Crippen LogP contribution in [0, 0.1) is 10.1 Å². The molecule has 0 saturated heterocycles. The average molecular weight is 333 g/mol. The predicted octanol–water partition coefficient (Wildman–Crippen LogP) is 5.76. The van der Waals surface area contributed by atoms with Gasteiger partial charge in [-0.25, -0.2) is 0 Å². The van der Waals surface area contributed by atoms with Crippen LogP contribution in [0.15, 0.2) is 40.6 Å². The van der Waals surface area contributed by atoms with E-state index in [4.69, 9.17) is 0 Å². The fourth-order valence-electron chi connectivity index (χ4n) is 1.90. The van der Waals surface area contributed by atoms with Crippen LogP contribution in [0.4, 0.5) is 5.69 Å². The molecule has 1 aromatic carbocycles. The Labute approximate surface area is 134 Å². The van der Waals surface area contributed by atoms with Crippen LogP contribution in [0.5, 0.6) is 0 Å². The molecule has 0 spiro atoms. The Morgan fingerprint density at radius 2 is 1.81 bits per heavy atom. The topological polar surface area (TPSA) is 43.1 Å². The van der Waals surface area contributed by atoms with Gasteiger partial charge in [-0.1, -0.05) is 6.08 Å². The van der Waals surface area contributed by atoms with Gasteiger partial charge in [-0.05, 0) is 42.2 Å². The molecule has 0 saturated carbocycles. The van der Waals surface area contributed by atoms with Gasteiger partial charge in [-0.3, -0.25) is 10.1 Å². The van der Waals surface area contributed by atoms with E-state index in [1.807, 2.05) is 17.4 Å². The highest BCUT2D eigenvalue weighted by atomic mass is 32.2. The lowest BCUT2D eigenvalue weighted by Crippen LogP contribution is -1.86. The highest BCUT2D eigenvalue weighted by Crippen LogP contribution is 2.37. The van der Waals surface area contributed by atoms with Crippen molar-refractivity contribution in [3.05, 3.63) is 57.0 Å². The summed E-state index contributed by atoms with van der Waals surface area (Å²) in [6.45, 7) is 0. The number of hydrogen-bond acceptors (Lipinski definition) is 5. The first-order valence-electron chi connectivity index (χ1n) is 6.15. The quantitative estimate of drug-likeness (QED) is 0.346. The first-order valence-corrected chi connectivity index (χ1v) is 9.01. The van der Waals surface area contributed by atoms with E-state index in [1.165, 1.54) is 30.6 Å². The Hall–Kier alpha value is -1.63. The van der Waals surface area contributed by atoms with E-state index < -0.39 is 0 Å². The minimum Gasteiger partial charge on any atom is -0.258 e. The zero-order chi connectivity index (χ0) is 14.8. The van der Waals surface area contributed by atoms with Crippen molar-refractivity contribution in [1.82, 2.24) is 0 Å². The van der Waals surface area contributed by atoms with E-state index in [9.17, 15) is 10.1 Å². The summed E-state index contributed by atoms with van der Waals surface area (Å²) in [4.78, 5) is 11.4. The largest absolute Gasteiger partial charge is 0.269 e. The number of thiophene rings is 2. The molecule has 0 fully saturated rings. The van der Waals surface area contributed by atoms with Crippen molar-refractivity contribution < 1.29 is 4.92 Å². The van der Waals surface area contributed by atoms with Gasteiger partial charge in [0.15, 0.2) is 0 Å². The molecule has 3 nitrogen and oxygen atoms in total. The van der Waals surface area contributed by atoms with Crippen molar-refractivity contribution in [3.8, 4) is 0 Å². The summed E-state index contributed by atoms with van der Waals surface area (Å²) < 4.78 is 3.96. The highest BCUT2D eigenvalue weighted by Gasteiger charge is 2.05. The van der Waals surface area contributed by atoms with Crippen molar-refractivity contribution in [3.63, 3.8) is 0 Å². The van der Waals surface area contributed by atoms with Crippen molar-refractivity contribution in [2.75, 3.05) is 6.26 Å². The van der Waals surface area contributed by atoms with Gasteiger partial charge in [-0.15, -0.1) is 34.4 Å². The molecule has 21 heavy (non-hydrogen) atoms. The molecule has 0 N–H and O–H groups in total. The number of nitrogens with zero attached hydrogens (tertiary/aromatic N) is 1. The van der Waals surface area contributed by atoms with Crippen LogP contribution < -0.4 is 0 Å². The third kappa shape index (κ3) is 3.18. The van der Waals surface area contributed by atoms with Gasteiger partial charge in [0.2, 0.25) is 0 Å². The molecule has 2 heterocycles. The summed E-state index contributed by atoms with van der Waals surface area (Å²) >= 11 is 5.34. The van der Waals surface area contributed by atoms with Crippen LogP contribution in [-0.4, -0.2) is 11.2 Å². The molecular formula is C15H11NO2S3. The first kappa shape index (κ1) is 14.3. The standard InChI is InChI=1S/C15H11NO2S3/c1-19-15-9-14-13(21-15)8-12(20-14)7-4-10-2-5-11(6-3-10)16(17)18/h2-9H,1H3/b7-4+. The number of rotatable bonds is 4. The van der Waals surface area contributed by atoms with E-state index in [1.54, 1.807) is 35.2 Å². The third-order valence-corrected chi connectivity index (χ3v) is 6.27. The van der Waals surface area contributed by atoms with E-state index in [0.717, 1.165) is 5.56 Å². The van der Waals surface area contributed by atoms with Crippen molar-refractivity contribution in [2.24, 2.45) is 0 Å². The lowest BCUT2D eigenvalue weighted by Gasteiger charge is -1.93. The van der Waals surface area contributed by atoms with Gasteiger partial charge < -0.3 is 0 Å². The second-order valence-electron chi connectivity index (χ2n) is 4.33. The summed E-state index contributed by atoms with van der Waals surface area (Å²) in [5.41, 5.74) is 1.08. The summed E-state index contributed by atoms with van der Waals surface area (Å²) in [5.74, 6) is 0. The lowest BCUT2D eigenvalue weighted by atomic mass is 10.2. The van der Waals surface area contributed by atoms with E-state index in [2.05, 4.69) is 24.5 Å². The molecule has 0 atom stereocenters. The molecule has 0 aliphatic heterocycles. The van der Waals surface area contributed by atoms with Crippen LogP contribution in [-0.2, 0) is 0 Å². The third-order valence-electron chi connectivity index (χ3n) is 2.95. The predicted molar refractivity (Wildman–Crippen MR) is 93.5 cm³/mol. The second kappa shape index (κ2) is 6.01. The van der Waals surface area contributed by atoms with Gasteiger partial charge >= 0.3 is 0 Å². The molecule has 0 unspecified atom stereocenters. The maximum atomic E-state index is 10.6. The summed E-state index contributed by atoms with van der Waals surface area (Å²) in [6.07, 6.45) is 6.12. The van der Waals surface area contributed by atoms with Gasteiger partial charge in [0.25, 0.3) is 5.69 Å². The van der Waals surface area contributed by atoms with Crippen LogP contribution in [0.3, 0.4) is 0 Å². The molecule has 0 radical (unpaired) electrons. The van der Waals surface area contributed by atoms with E-state index in [-0.39, 0.29) is 10.6 Å². The monoisotopic (exact) mass is 333 g/mol. The fraction of sp³-hybridized carbons (Fsp3) is 0.0667. The average Bonchev–Trinajstić information content (AvgIpc) is 3.03. The molecule has 106 valence electrons. The smallest absolute Gasteiger partial charge is 0.258 e. The Morgan fingerprint density at radius 3 is 2.43 bits per heavy atom. The summed E-state index contributed by atoms with van der Waals surface area (Å²) in [6, 6.07) is 11.0. The minimum absolute atomic E-state index is 0.119. The number of nitro groups is 1. The van der Waals surface area contributed by atoms with Crippen LogP contribution in [0.1, 0.15) is 10.4 Å². The van der Waals surface area contributed by atoms with Gasteiger partial charge in [0.1, 0.15) is 0 Å². The number of thioether (sulfide) groups is 1. The number of hydrogen-bond donors (Lipinski definition) is 0. The SMILES string of the molecule is CSc1cc2sc(/C=C/c3ccc([N+](=O)[O-])cc3)cc2s1. The van der Waals surface area contributed by atoms with E-state index >= 15 is 0 Å². The molecular weight excluding hydrogens is 322 g/mol. The maximum Gasteiger partial charge on any atom is 0.269 e. The Bertz CT molecular complexity index is 784. The minimum atomic E-state index is -0.385. The summed E-state index contributed by atoms with van der Waals surface area (Å²) in [5, 5.41) is 10.6. The Kier molecular flexibility index (Phi) is 4.10. The van der Waals surface area contributed by atoms with Crippen molar-refractivity contribution >= 4 is 61.7 Å². The van der Waals surface area contributed by atoms with Crippen LogP contribution in [0.2, 0.25) is 0 Å². The second-order valence-corrected chi connectivity index (χ2v) is 7.63. The molecule has 0 aliphatic carbocycles. The zero-order valence-electron chi connectivity index (χ0n) is 11.1. The van der Waals surface area contributed by atoms with Crippen molar-refractivity contribution in [2.45, 2.75) is 4.21 Å². The summed E-state index contributed by atoms with van der Waals surface area (Å²) in [7, 11) is 0. The fourth-order valence-corrected chi connectivity index (χ4v) is 4.85. The maximum absolute atomic E-state index is 10.6. The van der Waals surface area contributed by atoms with E-state index in [0.29, 0.717) is 0 Å². The number of non-ortho nitro benzene ring substituents is 1.